The Morgan fingerprint density at radius 3 is 2.86 bits per heavy atom. The number of nitrogens with zero attached hydrogens (tertiary/aromatic N) is 4. The molecular formula is C21H25N5OS. The Balaban J connectivity index is 1.62. The van der Waals surface area contributed by atoms with Crippen LogP contribution in [0.1, 0.15) is 61.8 Å². The summed E-state index contributed by atoms with van der Waals surface area (Å²) in [5.41, 5.74) is 0.604. The number of aromatic nitrogens is 5. The highest BCUT2D eigenvalue weighted by Crippen LogP contribution is 2.36. The third kappa shape index (κ3) is 3.76. The standard InChI is InChI=1S/C21H25N5OS/c1-3-13-26-19(15-9-5-4-6-10-15)24-25-21(26)28-14(2)18-22-17-12-8-7-11-16(17)20(27)23-18/h3,7-8,11-12,14-15H,1,4-6,9-10,13H2,2H3,(H,22,23,27)/t14-/m0/s1. The number of hydrogen-bond donors (Lipinski definition) is 1. The second-order valence-electron chi connectivity index (χ2n) is 7.30. The first-order valence-electron chi connectivity index (χ1n) is 9.87. The van der Waals surface area contributed by atoms with E-state index < -0.39 is 0 Å². The molecule has 2 heterocycles. The minimum absolute atomic E-state index is 0.0516. The number of fused-ring (bicyclic) bond motifs is 1. The van der Waals surface area contributed by atoms with Crippen molar-refractivity contribution in [2.75, 3.05) is 0 Å². The molecule has 0 amide bonds. The van der Waals surface area contributed by atoms with Crippen LogP contribution in [0.4, 0.5) is 0 Å². The van der Waals surface area contributed by atoms with Crippen LogP contribution in [0.3, 0.4) is 0 Å². The molecule has 1 fully saturated rings. The number of rotatable bonds is 6. The highest BCUT2D eigenvalue weighted by Gasteiger charge is 2.24. The third-order valence-corrected chi connectivity index (χ3v) is 6.42. The molecule has 2 aromatic heterocycles. The van der Waals surface area contributed by atoms with Crippen LogP contribution in [0.5, 0.6) is 0 Å². The van der Waals surface area contributed by atoms with Gasteiger partial charge >= 0.3 is 0 Å². The molecule has 28 heavy (non-hydrogen) atoms. The lowest BCUT2D eigenvalue weighted by molar-refractivity contribution is 0.415. The van der Waals surface area contributed by atoms with Crippen molar-refractivity contribution in [1.29, 1.82) is 0 Å². The van der Waals surface area contributed by atoms with Gasteiger partial charge in [0.25, 0.3) is 5.56 Å². The molecular weight excluding hydrogens is 370 g/mol. The summed E-state index contributed by atoms with van der Waals surface area (Å²) >= 11 is 1.57. The molecule has 1 aliphatic rings. The van der Waals surface area contributed by atoms with Gasteiger partial charge in [-0.1, -0.05) is 49.2 Å². The molecule has 1 aliphatic carbocycles. The number of benzene rings is 1. The van der Waals surface area contributed by atoms with Crippen LogP contribution in [0.25, 0.3) is 10.9 Å². The van der Waals surface area contributed by atoms with E-state index in [4.69, 9.17) is 0 Å². The molecule has 0 saturated heterocycles. The van der Waals surface area contributed by atoms with E-state index >= 15 is 0 Å². The maximum atomic E-state index is 12.4. The maximum Gasteiger partial charge on any atom is 0.258 e. The molecule has 3 aromatic rings. The molecule has 1 aromatic carbocycles. The topological polar surface area (TPSA) is 76.5 Å². The molecule has 6 nitrogen and oxygen atoms in total. The zero-order chi connectivity index (χ0) is 19.5. The Morgan fingerprint density at radius 2 is 2.07 bits per heavy atom. The third-order valence-electron chi connectivity index (χ3n) is 5.33. The van der Waals surface area contributed by atoms with Gasteiger partial charge in [0.1, 0.15) is 11.6 Å². The summed E-state index contributed by atoms with van der Waals surface area (Å²) in [4.78, 5) is 20.0. The summed E-state index contributed by atoms with van der Waals surface area (Å²) in [7, 11) is 0. The van der Waals surface area contributed by atoms with Gasteiger partial charge in [-0.2, -0.15) is 0 Å². The molecule has 146 valence electrons. The van der Waals surface area contributed by atoms with Crippen molar-refractivity contribution in [3.8, 4) is 0 Å². The van der Waals surface area contributed by atoms with Gasteiger partial charge in [-0.15, -0.1) is 16.8 Å². The number of aromatic amines is 1. The van der Waals surface area contributed by atoms with Gasteiger partial charge in [-0.3, -0.25) is 4.79 Å². The summed E-state index contributed by atoms with van der Waals surface area (Å²) in [5, 5.41) is 10.4. The quantitative estimate of drug-likeness (QED) is 0.487. The SMILES string of the molecule is C=CCn1c(S[C@@H](C)c2nc3ccccc3c(=O)[nH]2)nnc1C1CCCCC1. The number of H-pyrrole nitrogens is 1. The van der Waals surface area contributed by atoms with Crippen molar-refractivity contribution in [3.05, 3.63) is 58.9 Å². The van der Waals surface area contributed by atoms with Crippen LogP contribution in [0.15, 0.2) is 46.9 Å². The Hall–Kier alpha value is -2.41. The number of allylic oxidation sites excluding steroid dienone is 1. The molecule has 0 bridgehead atoms. The average molecular weight is 396 g/mol. The van der Waals surface area contributed by atoms with Gasteiger partial charge in [0, 0.05) is 12.5 Å². The van der Waals surface area contributed by atoms with Gasteiger partial charge in [0.05, 0.1) is 16.2 Å². The predicted molar refractivity (Wildman–Crippen MR) is 113 cm³/mol. The maximum absolute atomic E-state index is 12.4. The zero-order valence-corrected chi connectivity index (χ0v) is 16.9. The number of para-hydroxylation sites is 1. The van der Waals surface area contributed by atoms with Gasteiger partial charge < -0.3 is 9.55 Å². The second kappa shape index (κ2) is 8.31. The molecule has 0 aliphatic heterocycles. The highest BCUT2D eigenvalue weighted by molar-refractivity contribution is 7.99. The van der Waals surface area contributed by atoms with Crippen molar-refractivity contribution in [2.45, 2.75) is 61.9 Å². The van der Waals surface area contributed by atoms with E-state index in [0.717, 1.165) is 11.0 Å². The van der Waals surface area contributed by atoms with Crippen molar-refractivity contribution < 1.29 is 0 Å². The van der Waals surface area contributed by atoms with E-state index in [2.05, 4.69) is 31.3 Å². The van der Waals surface area contributed by atoms with E-state index in [0.29, 0.717) is 29.2 Å². The van der Waals surface area contributed by atoms with Crippen LogP contribution in [-0.2, 0) is 6.54 Å². The van der Waals surface area contributed by atoms with Crippen molar-refractivity contribution >= 4 is 22.7 Å². The molecule has 7 heteroatoms. The molecule has 1 atom stereocenters. The Labute approximate surface area is 168 Å². The molecule has 0 spiro atoms. The lowest BCUT2D eigenvalue weighted by Crippen LogP contribution is -2.14. The Bertz CT molecular complexity index is 1030. The lowest BCUT2D eigenvalue weighted by Gasteiger charge is -2.21. The van der Waals surface area contributed by atoms with Gasteiger partial charge in [-0.25, -0.2) is 4.98 Å². The molecule has 4 rings (SSSR count). The number of nitrogens with one attached hydrogen (secondary N) is 1. The molecule has 0 unspecified atom stereocenters. The summed E-state index contributed by atoms with van der Waals surface area (Å²) in [6.45, 7) is 6.62. The van der Waals surface area contributed by atoms with E-state index in [1.807, 2.05) is 31.2 Å². The Morgan fingerprint density at radius 1 is 1.29 bits per heavy atom. The Kier molecular flexibility index (Phi) is 5.62. The van der Waals surface area contributed by atoms with Gasteiger partial charge in [0.15, 0.2) is 5.16 Å². The normalized spacial score (nSPS) is 16.3. The molecule has 1 saturated carbocycles. The van der Waals surface area contributed by atoms with E-state index in [9.17, 15) is 4.79 Å². The van der Waals surface area contributed by atoms with E-state index in [1.54, 1.807) is 17.8 Å². The minimum atomic E-state index is -0.108. The number of thioether (sulfide) groups is 1. The summed E-state index contributed by atoms with van der Waals surface area (Å²) in [5.74, 6) is 2.19. The minimum Gasteiger partial charge on any atom is -0.309 e. The largest absolute Gasteiger partial charge is 0.309 e. The smallest absolute Gasteiger partial charge is 0.258 e. The van der Waals surface area contributed by atoms with Crippen molar-refractivity contribution in [2.24, 2.45) is 0 Å². The fourth-order valence-corrected chi connectivity index (χ4v) is 4.78. The average Bonchev–Trinajstić information content (AvgIpc) is 3.11. The predicted octanol–water partition coefficient (Wildman–Crippen LogP) is 4.60. The first-order chi connectivity index (χ1) is 13.7. The summed E-state index contributed by atoms with van der Waals surface area (Å²) in [6.07, 6.45) is 8.07. The summed E-state index contributed by atoms with van der Waals surface area (Å²) < 4.78 is 2.17. The monoisotopic (exact) mass is 395 g/mol. The summed E-state index contributed by atoms with van der Waals surface area (Å²) in [6, 6.07) is 7.40. The fraction of sp³-hybridized carbons (Fsp3) is 0.429. The molecule has 0 radical (unpaired) electrons. The van der Waals surface area contributed by atoms with Crippen molar-refractivity contribution in [3.63, 3.8) is 0 Å². The molecule has 1 N–H and O–H groups in total. The highest BCUT2D eigenvalue weighted by atomic mass is 32.2. The van der Waals surface area contributed by atoms with Crippen molar-refractivity contribution in [1.82, 2.24) is 24.7 Å². The lowest BCUT2D eigenvalue weighted by atomic mass is 9.89. The van der Waals surface area contributed by atoms with Gasteiger partial charge in [-0.05, 0) is 31.9 Å². The van der Waals surface area contributed by atoms with Gasteiger partial charge in [0.2, 0.25) is 0 Å². The second-order valence-corrected chi connectivity index (χ2v) is 8.61. The zero-order valence-electron chi connectivity index (χ0n) is 16.1. The number of hydrogen-bond acceptors (Lipinski definition) is 5. The van der Waals surface area contributed by atoms with E-state index in [1.165, 1.54) is 32.1 Å². The van der Waals surface area contributed by atoms with Crippen LogP contribution in [-0.4, -0.2) is 24.7 Å². The fourth-order valence-electron chi connectivity index (χ4n) is 3.86. The first-order valence-corrected chi connectivity index (χ1v) is 10.7. The van der Waals surface area contributed by atoms with Crippen LogP contribution < -0.4 is 5.56 Å². The first kappa shape index (κ1) is 18.9. The van der Waals surface area contributed by atoms with E-state index in [-0.39, 0.29) is 10.8 Å². The van der Waals surface area contributed by atoms with Crippen LogP contribution in [0.2, 0.25) is 0 Å². The van der Waals surface area contributed by atoms with Crippen LogP contribution >= 0.6 is 11.8 Å². The van der Waals surface area contributed by atoms with Crippen LogP contribution in [0, 0.1) is 0 Å².